The number of hydrogen-bond donors (Lipinski definition) is 2. The molecule has 24 heavy (non-hydrogen) atoms. The molecule has 1 amide bonds. The highest BCUT2D eigenvalue weighted by Crippen LogP contribution is 2.27. The molecule has 0 radical (unpaired) electrons. The predicted octanol–water partition coefficient (Wildman–Crippen LogP) is 1.69. The third-order valence-corrected chi connectivity index (χ3v) is 3.64. The third kappa shape index (κ3) is 4.43. The standard InChI is InChI=1S/C15H17F4NO4/c1-8-11(20-14(22)15(17,18)19)12(10(16)13(21)24-8)23-7-9-5-3-2-4-6-9/h2-6,8,10-13,21H,7H2,1H3,(H,20,22). The van der Waals surface area contributed by atoms with E-state index in [0.717, 1.165) is 0 Å². The van der Waals surface area contributed by atoms with E-state index >= 15 is 0 Å². The molecule has 134 valence electrons. The maximum Gasteiger partial charge on any atom is 0.471 e. The Morgan fingerprint density at radius 1 is 1.33 bits per heavy atom. The highest BCUT2D eigenvalue weighted by Gasteiger charge is 2.49. The summed E-state index contributed by atoms with van der Waals surface area (Å²) in [6.07, 6.45) is -11.6. The Hall–Kier alpha value is -1.71. The summed E-state index contributed by atoms with van der Waals surface area (Å²) in [5.41, 5.74) is 0.666. The molecule has 0 aliphatic carbocycles. The summed E-state index contributed by atoms with van der Waals surface area (Å²) in [5.74, 6) is -2.22. The van der Waals surface area contributed by atoms with E-state index in [1.54, 1.807) is 35.6 Å². The lowest BCUT2D eigenvalue weighted by Gasteiger charge is -2.41. The van der Waals surface area contributed by atoms with Crippen LogP contribution in [-0.4, -0.2) is 47.9 Å². The van der Waals surface area contributed by atoms with E-state index in [1.807, 2.05) is 0 Å². The van der Waals surface area contributed by atoms with E-state index in [4.69, 9.17) is 9.47 Å². The molecule has 0 aromatic heterocycles. The van der Waals surface area contributed by atoms with Gasteiger partial charge in [-0.1, -0.05) is 30.3 Å². The number of aliphatic hydroxyl groups is 1. The smallest absolute Gasteiger partial charge is 0.368 e. The number of aliphatic hydroxyl groups excluding tert-OH is 1. The number of alkyl halides is 4. The minimum absolute atomic E-state index is 0.0935. The molecule has 1 heterocycles. The number of halogens is 4. The van der Waals surface area contributed by atoms with Crippen molar-refractivity contribution in [2.75, 3.05) is 0 Å². The second-order valence-corrected chi connectivity index (χ2v) is 5.43. The van der Waals surface area contributed by atoms with Crippen LogP contribution in [0.3, 0.4) is 0 Å². The quantitative estimate of drug-likeness (QED) is 0.811. The molecule has 0 spiro atoms. The molecule has 2 rings (SSSR count). The fourth-order valence-electron chi connectivity index (χ4n) is 2.40. The summed E-state index contributed by atoms with van der Waals surface area (Å²) in [6.45, 7) is 1.22. The summed E-state index contributed by atoms with van der Waals surface area (Å²) in [5, 5.41) is 11.2. The van der Waals surface area contributed by atoms with Crippen LogP contribution >= 0.6 is 0 Å². The van der Waals surface area contributed by atoms with Gasteiger partial charge in [-0.25, -0.2) is 4.39 Å². The van der Waals surface area contributed by atoms with E-state index < -0.39 is 42.8 Å². The van der Waals surface area contributed by atoms with Crippen molar-refractivity contribution in [3.63, 3.8) is 0 Å². The molecule has 1 saturated heterocycles. The lowest BCUT2D eigenvalue weighted by atomic mass is 9.97. The van der Waals surface area contributed by atoms with Crippen molar-refractivity contribution in [3.8, 4) is 0 Å². The first kappa shape index (κ1) is 18.6. The van der Waals surface area contributed by atoms with E-state index in [9.17, 15) is 27.5 Å². The molecular weight excluding hydrogens is 334 g/mol. The number of rotatable bonds is 4. The summed E-state index contributed by atoms with van der Waals surface area (Å²) in [7, 11) is 0. The van der Waals surface area contributed by atoms with Gasteiger partial charge < -0.3 is 19.9 Å². The van der Waals surface area contributed by atoms with Crippen molar-refractivity contribution in [3.05, 3.63) is 35.9 Å². The highest BCUT2D eigenvalue weighted by atomic mass is 19.4. The zero-order chi connectivity index (χ0) is 17.9. The van der Waals surface area contributed by atoms with Gasteiger partial charge in [0.1, 0.15) is 6.10 Å². The van der Waals surface area contributed by atoms with E-state index in [1.165, 1.54) is 6.92 Å². The number of hydrogen-bond acceptors (Lipinski definition) is 4. The van der Waals surface area contributed by atoms with Gasteiger partial charge in [-0.05, 0) is 12.5 Å². The Morgan fingerprint density at radius 2 is 1.96 bits per heavy atom. The van der Waals surface area contributed by atoms with Gasteiger partial charge in [-0.15, -0.1) is 0 Å². The number of nitrogens with one attached hydrogen (secondary N) is 1. The second-order valence-electron chi connectivity index (χ2n) is 5.43. The van der Waals surface area contributed by atoms with Gasteiger partial charge >= 0.3 is 12.1 Å². The van der Waals surface area contributed by atoms with Crippen LogP contribution in [0.4, 0.5) is 17.6 Å². The molecule has 1 fully saturated rings. The van der Waals surface area contributed by atoms with Crippen molar-refractivity contribution in [1.82, 2.24) is 5.32 Å². The molecule has 1 aliphatic rings. The van der Waals surface area contributed by atoms with Gasteiger partial charge in [0.15, 0.2) is 12.5 Å². The summed E-state index contributed by atoms with van der Waals surface area (Å²) in [6, 6.07) is 7.17. The fraction of sp³-hybridized carbons (Fsp3) is 0.533. The first-order valence-corrected chi connectivity index (χ1v) is 7.21. The molecule has 5 nitrogen and oxygen atoms in total. The van der Waals surface area contributed by atoms with Crippen molar-refractivity contribution in [2.45, 2.75) is 50.4 Å². The summed E-state index contributed by atoms with van der Waals surface area (Å²) >= 11 is 0. The van der Waals surface area contributed by atoms with Gasteiger partial charge in [-0.2, -0.15) is 13.2 Å². The second kappa shape index (κ2) is 7.45. The van der Waals surface area contributed by atoms with Crippen molar-refractivity contribution in [2.24, 2.45) is 0 Å². The molecule has 2 N–H and O–H groups in total. The van der Waals surface area contributed by atoms with E-state index in [2.05, 4.69) is 0 Å². The minimum atomic E-state index is -5.12. The fourth-order valence-corrected chi connectivity index (χ4v) is 2.40. The topological polar surface area (TPSA) is 67.8 Å². The predicted molar refractivity (Wildman–Crippen MR) is 74.5 cm³/mol. The average Bonchev–Trinajstić information content (AvgIpc) is 2.52. The van der Waals surface area contributed by atoms with Gasteiger partial charge in [0.25, 0.3) is 0 Å². The van der Waals surface area contributed by atoms with Crippen LogP contribution < -0.4 is 5.32 Å². The molecule has 5 unspecified atom stereocenters. The average molecular weight is 351 g/mol. The third-order valence-electron chi connectivity index (χ3n) is 3.64. The van der Waals surface area contributed by atoms with E-state index in [0.29, 0.717) is 5.56 Å². The van der Waals surface area contributed by atoms with Crippen LogP contribution in [0.5, 0.6) is 0 Å². The highest BCUT2D eigenvalue weighted by molar-refractivity contribution is 5.82. The first-order valence-electron chi connectivity index (χ1n) is 7.21. The Kier molecular flexibility index (Phi) is 5.79. The Bertz CT molecular complexity index is 554. The summed E-state index contributed by atoms with van der Waals surface area (Å²) in [4.78, 5) is 11.2. The molecule has 5 atom stereocenters. The zero-order valence-corrected chi connectivity index (χ0v) is 12.7. The molecule has 0 saturated carbocycles. The van der Waals surface area contributed by atoms with Crippen LogP contribution in [-0.2, 0) is 20.9 Å². The molecule has 0 bridgehead atoms. The number of ether oxygens (including phenoxy) is 2. The Labute approximate surface area is 135 Å². The number of amides is 1. The minimum Gasteiger partial charge on any atom is -0.368 e. The van der Waals surface area contributed by atoms with E-state index in [-0.39, 0.29) is 6.61 Å². The van der Waals surface area contributed by atoms with Crippen molar-refractivity contribution < 1.29 is 36.9 Å². The monoisotopic (exact) mass is 351 g/mol. The number of benzene rings is 1. The van der Waals surface area contributed by atoms with Crippen LogP contribution in [0.15, 0.2) is 30.3 Å². The Balaban J connectivity index is 2.12. The van der Waals surface area contributed by atoms with Crippen LogP contribution in [0.1, 0.15) is 12.5 Å². The Morgan fingerprint density at radius 3 is 2.54 bits per heavy atom. The van der Waals surface area contributed by atoms with Crippen molar-refractivity contribution in [1.29, 1.82) is 0 Å². The first-order chi connectivity index (χ1) is 11.2. The summed E-state index contributed by atoms with van der Waals surface area (Å²) < 4.78 is 61.7. The van der Waals surface area contributed by atoms with Crippen LogP contribution in [0, 0.1) is 0 Å². The molecule has 1 aliphatic heterocycles. The SMILES string of the molecule is CC1OC(O)C(F)C(OCc2ccccc2)C1NC(=O)C(F)(F)F. The van der Waals surface area contributed by atoms with Gasteiger partial charge in [0, 0.05) is 0 Å². The van der Waals surface area contributed by atoms with Gasteiger partial charge in [-0.3, -0.25) is 4.79 Å². The zero-order valence-electron chi connectivity index (χ0n) is 12.7. The lowest BCUT2D eigenvalue weighted by molar-refractivity contribution is -0.247. The van der Waals surface area contributed by atoms with Gasteiger partial charge in [0.2, 0.25) is 0 Å². The van der Waals surface area contributed by atoms with Crippen molar-refractivity contribution >= 4 is 5.91 Å². The molecule has 9 heteroatoms. The van der Waals surface area contributed by atoms with Gasteiger partial charge in [0.05, 0.1) is 18.8 Å². The molecular formula is C15H17F4NO4. The maximum atomic E-state index is 14.2. The lowest BCUT2D eigenvalue weighted by Crippen LogP contribution is -2.63. The van der Waals surface area contributed by atoms with Crippen LogP contribution in [0.2, 0.25) is 0 Å². The van der Waals surface area contributed by atoms with Crippen LogP contribution in [0.25, 0.3) is 0 Å². The number of carbonyl (C=O) groups is 1. The molecule has 1 aromatic rings. The normalized spacial score (nSPS) is 30.8. The maximum absolute atomic E-state index is 14.2. The molecule has 1 aromatic carbocycles. The number of carbonyl (C=O) groups excluding carboxylic acids is 1. The largest absolute Gasteiger partial charge is 0.471 e.